The summed E-state index contributed by atoms with van der Waals surface area (Å²) in [6.45, 7) is 0. The van der Waals surface area contributed by atoms with Crippen molar-refractivity contribution in [1.82, 2.24) is 0 Å². The van der Waals surface area contributed by atoms with Crippen LogP contribution < -0.4 is 0 Å². The lowest BCUT2D eigenvalue weighted by molar-refractivity contribution is -0.144. The molecule has 1 nitrogen and oxygen atoms in total. The maximum Gasteiger partial charge on any atom is 0.142 e. The quantitative estimate of drug-likeness (QED) is 0.642. The molecule has 0 heterocycles. The molecule has 0 unspecified atom stereocenters. The molecule has 0 aliphatic heterocycles. The summed E-state index contributed by atoms with van der Waals surface area (Å²) in [5.74, 6) is 7.79. The van der Waals surface area contributed by atoms with Crippen LogP contribution in [0.2, 0.25) is 0 Å². The number of Topliss-reactive ketones (excluding diaryl/α,β-unsaturated/α-hetero) is 1. The summed E-state index contributed by atoms with van der Waals surface area (Å²) < 4.78 is 0. The molecule has 21 heavy (non-hydrogen) atoms. The smallest absolute Gasteiger partial charge is 0.142 e. The second-order valence-electron chi connectivity index (χ2n) is 9.65. The molecule has 0 amide bonds. The Morgan fingerprint density at radius 2 is 1.24 bits per heavy atom. The van der Waals surface area contributed by atoms with E-state index >= 15 is 0 Å². The minimum atomic E-state index is 0.190. The molecule has 1 spiro atoms. The summed E-state index contributed by atoms with van der Waals surface area (Å²) in [5.41, 5.74) is 0.190. The van der Waals surface area contributed by atoms with E-state index in [0.717, 1.165) is 47.2 Å². The fourth-order valence-corrected chi connectivity index (χ4v) is 9.06. The van der Waals surface area contributed by atoms with Crippen LogP contribution in [-0.4, -0.2) is 5.78 Å². The highest BCUT2D eigenvalue weighted by Gasteiger charge is 2.68. The predicted octanol–water partition coefficient (Wildman–Crippen LogP) is 4.45. The van der Waals surface area contributed by atoms with Crippen LogP contribution in [0.4, 0.5) is 0 Å². The Bertz CT molecular complexity index is 510. The first kappa shape index (κ1) is 12.1. The number of ketones is 1. The van der Waals surface area contributed by atoms with Crippen molar-refractivity contribution in [2.45, 2.75) is 64.2 Å². The Kier molecular flexibility index (Phi) is 2.18. The van der Waals surface area contributed by atoms with Crippen LogP contribution in [0, 0.1) is 52.8 Å². The lowest BCUT2D eigenvalue weighted by Gasteiger charge is -2.46. The minimum Gasteiger partial charge on any atom is -0.299 e. The summed E-state index contributed by atoms with van der Waals surface area (Å²) in [7, 11) is 0. The van der Waals surface area contributed by atoms with Crippen LogP contribution in [-0.2, 0) is 4.79 Å². The van der Waals surface area contributed by atoms with Crippen molar-refractivity contribution in [2.75, 3.05) is 0 Å². The van der Waals surface area contributed by atoms with Gasteiger partial charge in [-0.1, -0.05) is 0 Å². The van der Waals surface area contributed by atoms with Crippen molar-refractivity contribution in [3.63, 3.8) is 0 Å². The first-order valence-electron chi connectivity index (χ1n) is 9.82. The molecule has 0 aromatic heterocycles. The molecule has 9 atom stereocenters. The van der Waals surface area contributed by atoms with E-state index in [4.69, 9.17) is 0 Å². The molecule has 6 saturated carbocycles. The number of fused-ring (bicyclic) bond motifs is 1. The summed E-state index contributed by atoms with van der Waals surface area (Å²) in [6, 6.07) is 0. The summed E-state index contributed by atoms with van der Waals surface area (Å²) in [6.07, 6.45) is 14.0. The third-order valence-corrected chi connectivity index (χ3v) is 9.41. The molecule has 0 aromatic rings. The molecule has 6 rings (SSSR count). The van der Waals surface area contributed by atoms with E-state index < -0.39 is 0 Å². The lowest BCUT2D eigenvalue weighted by Crippen LogP contribution is -2.48. The second kappa shape index (κ2) is 3.77. The second-order valence-corrected chi connectivity index (χ2v) is 9.65. The zero-order valence-corrected chi connectivity index (χ0v) is 13.1. The van der Waals surface area contributed by atoms with Gasteiger partial charge in [0.05, 0.1) is 0 Å². The van der Waals surface area contributed by atoms with Gasteiger partial charge in [0.1, 0.15) is 5.78 Å². The van der Waals surface area contributed by atoms with Gasteiger partial charge in [-0.15, -0.1) is 0 Å². The van der Waals surface area contributed by atoms with Gasteiger partial charge in [-0.3, -0.25) is 4.79 Å². The summed E-state index contributed by atoms with van der Waals surface area (Å²) in [4.78, 5) is 13.6. The fourth-order valence-electron chi connectivity index (χ4n) is 9.06. The Morgan fingerprint density at radius 3 is 2.05 bits per heavy atom. The standard InChI is InChI=1S/C20H28O/c21-19-15-7-5-11-1-3-13(17(11)15)9-20(19)10-14-4-2-12-6-8-16(20)18(12)14/h11-18H,1-10H2/t11-,12+,13+,14-,15+,16+,17-,18+,20-/m0/s1. The summed E-state index contributed by atoms with van der Waals surface area (Å²) in [5, 5.41) is 0. The number of rotatable bonds is 0. The number of carbonyl (C=O) groups is 1. The van der Waals surface area contributed by atoms with Crippen LogP contribution in [0.5, 0.6) is 0 Å². The lowest BCUT2D eigenvalue weighted by atomic mass is 9.56. The predicted molar refractivity (Wildman–Crippen MR) is 81.5 cm³/mol. The molecule has 114 valence electrons. The number of hydrogen-bond acceptors (Lipinski definition) is 1. The van der Waals surface area contributed by atoms with Crippen molar-refractivity contribution in [3.8, 4) is 0 Å². The van der Waals surface area contributed by atoms with E-state index in [2.05, 4.69) is 0 Å². The van der Waals surface area contributed by atoms with Gasteiger partial charge in [0, 0.05) is 11.3 Å². The monoisotopic (exact) mass is 284 g/mol. The van der Waals surface area contributed by atoms with Gasteiger partial charge < -0.3 is 0 Å². The van der Waals surface area contributed by atoms with Gasteiger partial charge in [-0.05, 0) is 106 Å². The minimum absolute atomic E-state index is 0.190. The van der Waals surface area contributed by atoms with E-state index in [9.17, 15) is 4.79 Å². The Morgan fingerprint density at radius 1 is 0.667 bits per heavy atom. The van der Waals surface area contributed by atoms with Crippen LogP contribution in [0.3, 0.4) is 0 Å². The zero-order chi connectivity index (χ0) is 13.8. The van der Waals surface area contributed by atoms with Gasteiger partial charge in [0.25, 0.3) is 0 Å². The first-order chi connectivity index (χ1) is 10.3. The Labute approximate surface area is 128 Å². The topological polar surface area (TPSA) is 17.1 Å². The molecule has 0 radical (unpaired) electrons. The van der Waals surface area contributed by atoms with E-state index in [1.54, 1.807) is 0 Å². The average Bonchev–Trinajstić information content (AvgIpc) is 3.22. The highest BCUT2D eigenvalue weighted by atomic mass is 16.1. The molecule has 0 N–H and O–H groups in total. The van der Waals surface area contributed by atoms with Gasteiger partial charge in [-0.25, -0.2) is 0 Å². The summed E-state index contributed by atoms with van der Waals surface area (Å²) >= 11 is 0. The largest absolute Gasteiger partial charge is 0.299 e. The number of carbonyl (C=O) groups excluding carboxylic acids is 1. The van der Waals surface area contributed by atoms with E-state index in [1.807, 2.05) is 0 Å². The zero-order valence-electron chi connectivity index (χ0n) is 13.1. The van der Waals surface area contributed by atoms with Crippen molar-refractivity contribution in [3.05, 3.63) is 0 Å². The normalized spacial score (nSPS) is 63.5. The van der Waals surface area contributed by atoms with Gasteiger partial charge in [-0.2, -0.15) is 0 Å². The molecule has 6 aliphatic rings. The molecular weight excluding hydrogens is 256 g/mol. The fraction of sp³-hybridized carbons (Fsp3) is 0.950. The van der Waals surface area contributed by atoms with Crippen molar-refractivity contribution >= 4 is 5.78 Å². The maximum atomic E-state index is 13.6. The van der Waals surface area contributed by atoms with Gasteiger partial charge in [0.15, 0.2) is 0 Å². The van der Waals surface area contributed by atoms with Gasteiger partial charge in [0.2, 0.25) is 0 Å². The average molecular weight is 284 g/mol. The van der Waals surface area contributed by atoms with Crippen LogP contribution in [0.1, 0.15) is 64.2 Å². The van der Waals surface area contributed by atoms with Crippen molar-refractivity contribution in [1.29, 1.82) is 0 Å². The van der Waals surface area contributed by atoms with Crippen molar-refractivity contribution < 1.29 is 4.79 Å². The van der Waals surface area contributed by atoms with Crippen molar-refractivity contribution in [2.24, 2.45) is 52.8 Å². The van der Waals surface area contributed by atoms with Crippen LogP contribution >= 0.6 is 0 Å². The highest BCUT2D eigenvalue weighted by molar-refractivity contribution is 5.89. The molecule has 0 bridgehead atoms. The van der Waals surface area contributed by atoms with E-state index in [-0.39, 0.29) is 5.41 Å². The molecular formula is C20H28O. The molecule has 6 fully saturated rings. The first-order valence-corrected chi connectivity index (χ1v) is 9.82. The number of hydrogen-bond donors (Lipinski definition) is 0. The highest BCUT2D eigenvalue weighted by Crippen LogP contribution is 2.71. The third-order valence-electron chi connectivity index (χ3n) is 9.41. The van der Waals surface area contributed by atoms with Crippen LogP contribution in [0.15, 0.2) is 0 Å². The van der Waals surface area contributed by atoms with E-state index in [0.29, 0.717) is 5.92 Å². The molecule has 0 aromatic carbocycles. The molecule has 0 saturated heterocycles. The SMILES string of the molecule is O=C1[C@@H]2CC[C@@H]3CC[C@H](C[C@@]14C[C@@H]1CC[C@@H]5CC[C@@H]4[C@H]51)[C@H]32. The molecule has 6 aliphatic carbocycles. The Hall–Kier alpha value is -0.330. The maximum absolute atomic E-state index is 13.6. The molecule has 1 heteroatoms. The van der Waals surface area contributed by atoms with Gasteiger partial charge >= 0.3 is 0 Å². The third kappa shape index (κ3) is 1.27. The Balaban J connectivity index is 1.43. The van der Waals surface area contributed by atoms with E-state index in [1.165, 1.54) is 64.2 Å². The van der Waals surface area contributed by atoms with Crippen LogP contribution in [0.25, 0.3) is 0 Å².